The normalized spacial score (nSPS) is 11.2. The summed E-state index contributed by atoms with van der Waals surface area (Å²) in [5, 5.41) is 13.4. The van der Waals surface area contributed by atoms with E-state index >= 15 is 0 Å². The van der Waals surface area contributed by atoms with E-state index in [1.165, 1.54) is 25.4 Å². The number of nitrogen functional groups attached to an aromatic ring is 1. The van der Waals surface area contributed by atoms with Crippen molar-refractivity contribution in [3.63, 3.8) is 0 Å². The number of nitrogens with one attached hydrogen (secondary N) is 2. The quantitative estimate of drug-likeness (QED) is 0.558. The molecule has 0 atom stereocenters. The largest absolute Gasteiger partial charge is 0.384 e. The molecule has 2 aromatic rings. The van der Waals surface area contributed by atoms with Crippen LogP contribution in [0.2, 0.25) is 0 Å². The van der Waals surface area contributed by atoms with Crippen LogP contribution in [0.25, 0.3) is 0 Å². The fourth-order valence-corrected chi connectivity index (χ4v) is 2.63. The second-order valence-electron chi connectivity index (χ2n) is 3.86. The molecule has 0 bridgehead atoms. The standard InChI is InChI=1S/C11H13N5O2S/c1-16(19(17,18)10-5-6-14-15-10)9-4-2-3-8(7-9)11(12)13/h2-7H,1H3,(H3,12,13)(H,14,15). The molecular formula is C11H13N5O2S. The van der Waals surface area contributed by atoms with Gasteiger partial charge in [-0.15, -0.1) is 0 Å². The predicted molar refractivity (Wildman–Crippen MR) is 71.6 cm³/mol. The van der Waals surface area contributed by atoms with Crippen LogP contribution in [0.4, 0.5) is 5.69 Å². The Morgan fingerprint density at radius 3 is 2.74 bits per heavy atom. The maximum Gasteiger partial charge on any atom is 0.281 e. The molecule has 19 heavy (non-hydrogen) atoms. The summed E-state index contributed by atoms with van der Waals surface area (Å²) in [6, 6.07) is 7.82. The van der Waals surface area contributed by atoms with Gasteiger partial charge in [0.15, 0.2) is 5.03 Å². The van der Waals surface area contributed by atoms with Crippen molar-refractivity contribution in [2.24, 2.45) is 5.73 Å². The highest BCUT2D eigenvalue weighted by Gasteiger charge is 2.22. The SMILES string of the molecule is CN(c1cccc(C(=N)N)c1)S(=O)(=O)c1ccn[nH]1. The topological polar surface area (TPSA) is 116 Å². The summed E-state index contributed by atoms with van der Waals surface area (Å²) in [5.74, 6) is -0.116. The van der Waals surface area contributed by atoms with Crippen molar-refractivity contribution in [2.45, 2.75) is 5.03 Å². The average Bonchev–Trinajstić information content (AvgIpc) is 2.92. The number of hydrogen-bond acceptors (Lipinski definition) is 4. The zero-order valence-corrected chi connectivity index (χ0v) is 11.0. The highest BCUT2D eigenvalue weighted by atomic mass is 32.2. The lowest BCUT2D eigenvalue weighted by molar-refractivity contribution is 0.590. The summed E-state index contributed by atoms with van der Waals surface area (Å²) in [4.78, 5) is 0. The van der Waals surface area contributed by atoms with E-state index in [1.807, 2.05) is 0 Å². The van der Waals surface area contributed by atoms with Crippen molar-refractivity contribution < 1.29 is 8.42 Å². The third kappa shape index (κ3) is 2.43. The van der Waals surface area contributed by atoms with Crippen LogP contribution in [-0.2, 0) is 10.0 Å². The summed E-state index contributed by atoms with van der Waals surface area (Å²) >= 11 is 0. The minimum Gasteiger partial charge on any atom is -0.384 e. The Morgan fingerprint density at radius 2 is 2.16 bits per heavy atom. The third-order valence-corrected chi connectivity index (χ3v) is 4.35. The summed E-state index contributed by atoms with van der Waals surface area (Å²) in [6.07, 6.45) is 1.37. The van der Waals surface area contributed by atoms with E-state index in [0.29, 0.717) is 11.3 Å². The minimum absolute atomic E-state index is 0.00299. The number of aromatic amines is 1. The Hall–Kier alpha value is -2.35. The molecule has 1 aromatic carbocycles. The molecule has 2 rings (SSSR count). The van der Waals surface area contributed by atoms with Crippen molar-refractivity contribution in [1.29, 1.82) is 5.41 Å². The monoisotopic (exact) mass is 279 g/mol. The molecule has 0 aliphatic rings. The average molecular weight is 279 g/mol. The number of nitrogens with zero attached hydrogens (tertiary/aromatic N) is 2. The van der Waals surface area contributed by atoms with Crippen molar-refractivity contribution in [2.75, 3.05) is 11.4 Å². The first-order chi connectivity index (χ1) is 8.93. The Balaban J connectivity index is 2.42. The number of sulfonamides is 1. The van der Waals surface area contributed by atoms with Gasteiger partial charge in [0.25, 0.3) is 10.0 Å². The molecule has 4 N–H and O–H groups in total. The van der Waals surface area contributed by atoms with Gasteiger partial charge in [-0.3, -0.25) is 14.8 Å². The van der Waals surface area contributed by atoms with E-state index in [0.717, 1.165) is 4.31 Å². The number of aromatic nitrogens is 2. The smallest absolute Gasteiger partial charge is 0.281 e. The predicted octanol–water partition coefficient (Wildman–Crippen LogP) is 0.519. The number of H-pyrrole nitrogens is 1. The number of hydrogen-bond donors (Lipinski definition) is 3. The van der Waals surface area contributed by atoms with Crippen LogP contribution >= 0.6 is 0 Å². The first-order valence-corrected chi connectivity index (χ1v) is 6.79. The van der Waals surface area contributed by atoms with E-state index in [-0.39, 0.29) is 10.9 Å². The van der Waals surface area contributed by atoms with Gasteiger partial charge in [0.2, 0.25) is 0 Å². The number of benzene rings is 1. The van der Waals surface area contributed by atoms with Crippen molar-refractivity contribution >= 4 is 21.5 Å². The van der Waals surface area contributed by atoms with E-state index in [9.17, 15) is 8.42 Å². The van der Waals surface area contributed by atoms with Gasteiger partial charge < -0.3 is 5.73 Å². The van der Waals surface area contributed by atoms with Crippen LogP contribution in [0.3, 0.4) is 0 Å². The molecule has 0 aliphatic carbocycles. The van der Waals surface area contributed by atoms with E-state index in [2.05, 4.69) is 10.2 Å². The molecule has 0 aliphatic heterocycles. The Morgan fingerprint density at radius 1 is 1.42 bits per heavy atom. The number of nitrogens with two attached hydrogens (primary N) is 1. The molecule has 100 valence electrons. The van der Waals surface area contributed by atoms with Crippen molar-refractivity contribution in [3.05, 3.63) is 42.1 Å². The van der Waals surface area contributed by atoms with Crippen LogP contribution in [0.15, 0.2) is 41.6 Å². The Labute approximate surface area is 110 Å². The first kappa shape index (κ1) is 13.1. The van der Waals surface area contributed by atoms with Gasteiger partial charge in [0, 0.05) is 12.6 Å². The van der Waals surface area contributed by atoms with Gasteiger partial charge in [-0.1, -0.05) is 12.1 Å². The molecule has 1 heterocycles. The molecule has 0 saturated carbocycles. The van der Waals surface area contributed by atoms with E-state index in [4.69, 9.17) is 11.1 Å². The number of amidine groups is 1. The third-order valence-electron chi connectivity index (χ3n) is 2.63. The van der Waals surface area contributed by atoms with E-state index in [1.54, 1.807) is 18.2 Å². The molecular weight excluding hydrogens is 266 g/mol. The fraction of sp³-hybridized carbons (Fsp3) is 0.0909. The summed E-state index contributed by atoms with van der Waals surface area (Å²) in [6.45, 7) is 0. The van der Waals surface area contributed by atoms with Crippen LogP contribution in [0.5, 0.6) is 0 Å². The summed E-state index contributed by atoms with van der Waals surface area (Å²) < 4.78 is 25.6. The zero-order chi connectivity index (χ0) is 14.0. The van der Waals surface area contributed by atoms with Crippen LogP contribution in [0, 0.1) is 5.41 Å². The van der Waals surface area contributed by atoms with E-state index < -0.39 is 10.0 Å². The van der Waals surface area contributed by atoms with Crippen LogP contribution in [-0.4, -0.2) is 31.5 Å². The van der Waals surface area contributed by atoms with Gasteiger partial charge in [-0.05, 0) is 18.2 Å². The molecule has 8 heteroatoms. The lowest BCUT2D eigenvalue weighted by atomic mass is 10.2. The van der Waals surface area contributed by atoms with Crippen LogP contribution in [0.1, 0.15) is 5.56 Å². The molecule has 0 spiro atoms. The van der Waals surface area contributed by atoms with Gasteiger partial charge in [0.05, 0.1) is 11.9 Å². The second-order valence-corrected chi connectivity index (χ2v) is 5.80. The van der Waals surface area contributed by atoms with Crippen molar-refractivity contribution in [1.82, 2.24) is 10.2 Å². The van der Waals surface area contributed by atoms with Gasteiger partial charge in [-0.2, -0.15) is 13.5 Å². The molecule has 1 aromatic heterocycles. The maximum atomic E-state index is 12.2. The Kier molecular flexibility index (Phi) is 3.26. The minimum atomic E-state index is -3.69. The van der Waals surface area contributed by atoms with Gasteiger partial charge >= 0.3 is 0 Å². The van der Waals surface area contributed by atoms with Crippen LogP contribution < -0.4 is 10.0 Å². The molecule has 0 fully saturated rings. The second kappa shape index (κ2) is 4.73. The molecule has 0 radical (unpaired) electrons. The fourth-order valence-electron chi connectivity index (χ4n) is 1.54. The Bertz CT molecular complexity index is 694. The highest BCUT2D eigenvalue weighted by molar-refractivity contribution is 7.92. The molecule has 7 nitrogen and oxygen atoms in total. The summed E-state index contributed by atoms with van der Waals surface area (Å²) in [7, 11) is -2.26. The van der Waals surface area contributed by atoms with Gasteiger partial charge in [-0.25, -0.2) is 0 Å². The number of rotatable bonds is 4. The summed E-state index contributed by atoms with van der Waals surface area (Å²) in [5.41, 5.74) is 6.27. The lowest BCUT2D eigenvalue weighted by Gasteiger charge is -2.18. The highest BCUT2D eigenvalue weighted by Crippen LogP contribution is 2.21. The molecule has 0 amide bonds. The van der Waals surface area contributed by atoms with Crippen molar-refractivity contribution in [3.8, 4) is 0 Å². The number of anilines is 1. The maximum absolute atomic E-state index is 12.2. The van der Waals surface area contributed by atoms with Gasteiger partial charge in [0.1, 0.15) is 5.84 Å². The molecule has 0 saturated heterocycles. The zero-order valence-electron chi connectivity index (χ0n) is 10.2. The first-order valence-electron chi connectivity index (χ1n) is 5.35. The lowest BCUT2D eigenvalue weighted by Crippen LogP contribution is -2.27. The molecule has 0 unspecified atom stereocenters.